The van der Waals surface area contributed by atoms with Gasteiger partial charge in [0.05, 0.1) is 40.1 Å². The van der Waals surface area contributed by atoms with Crippen LogP contribution in [0.1, 0.15) is 51.8 Å². The molecule has 344 valence electrons. The van der Waals surface area contributed by atoms with E-state index in [4.69, 9.17) is 37.3 Å². The van der Waals surface area contributed by atoms with Crippen molar-refractivity contribution in [2.45, 2.75) is 43.7 Å². The maximum atomic E-state index is 14.5. The highest BCUT2D eigenvalue weighted by Crippen LogP contribution is 2.50. The van der Waals surface area contributed by atoms with E-state index in [1.54, 1.807) is 39.3 Å². The smallest absolute Gasteiger partial charge is 0.475 e. The van der Waals surface area contributed by atoms with E-state index in [0.29, 0.717) is 22.6 Å². The van der Waals surface area contributed by atoms with Crippen molar-refractivity contribution in [2.75, 3.05) is 48.3 Å². The third-order valence-electron chi connectivity index (χ3n) is 11.4. The molecule has 6 aromatic rings. The molecule has 3 atom stereocenters. The van der Waals surface area contributed by atoms with Crippen LogP contribution in [0.5, 0.6) is 11.5 Å². The second-order valence-corrected chi connectivity index (χ2v) is 17.4. The van der Waals surface area contributed by atoms with E-state index in [2.05, 4.69) is 22.8 Å². The van der Waals surface area contributed by atoms with Crippen LogP contribution in [0.15, 0.2) is 152 Å². The molecule has 2 N–H and O–H groups in total. The Balaban J connectivity index is 1.16. The third kappa shape index (κ3) is 11.2. The van der Waals surface area contributed by atoms with E-state index in [1.807, 2.05) is 121 Å². The van der Waals surface area contributed by atoms with Gasteiger partial charge in [-0.1, -0.05) is 127 Å². The summed E-state index contributed by atoms with van der Waals surface area (Å²) in [4.78, 5) is 28.4. The Bertz CT molecular complexity index is 2500. The molecular weight excluding hydrogens is 860 g/mol. The van der Waals surface area contributed by atoms with Crippen LogP contribution in [-0.4, -0.2) is 72.4 Å². The highest BCUT2D eigenvalue weighted by atomic mass is 31.2. The zero-order chi connectivity index (χ0) is 46.5. The number of alkyl carbamates (subject to hydrolysis) is 1. The Morgan fingerprint density at radius 1 is 0.667 bits per heavy atom. The van der Waals surface area contributed by atoms with Crippen molar-refractivity contribution in [3.8, 4) is 22.6 Å². The zero-order valence-corrected chi connectivity index (χ0v) is 38.5. The third-order valence-corrected chi connectivity index (χ3v) is 12.9. The number of rotatable bonds is 22. The van der Waals surface area contributed by atoms with Crippen LogP contribution in [0.3, 0.4) is 0 Å². The number of hydrogen-bond acceptors (Lipinski definition) is 11. The van der Waals surface area contributed by atoms with Gasteiger partial charge in [0.2, 0.25) is 5.91 Å². The monoisotopic (exact) mass is 914 g/mol. The number of carbonyl (C=O) groups is 2. The van der Waals surface area contributed by atoms with Crippen molar-refractivity contribution in [1.29, 1.82) is 0 Å². The number of nitrogens with one attached hydrogen (secondary N) is 2. The Morgan fingerprint density at radius 3 is 1.80 bits per heavy atom. The molecule has 1 aliphatic carbocycles. The molecule has 0 bridgehead atoms. The summed E-state index contributed by atoms with van der Waals surface area (Å²) in [5, 5.41) is 5.82. The molecule has 0 heterocycles. The van der Waals surface area contributed by atoms with Gasteiger partial charge in [0.15, 0.2) is 0 Å². The topological polar surface area (TPSA) is 149 Å². The Labute approximate surface area is 385 Å². The first-order chi connectivity index (χ1) is 32.1. The molecule has 6 aromatic carbocycles. The maximum absolute atomic E-state index is 14.5. The van der Waals surface area contributed by atoms with Crippen molar-refractivity contribution in [3.05, 3.63) is 191 Å². The van der Waals surface area contributed by atoms with E-state index < -0.39 is 37.6 Å². The number of carbonyl (C=O) groups excluding carboxylic acids is 2. The molecular formula is C52H55N2O11P. The molecule has 0 fully saturated rings. The summed E-state index contributed by atoms with van der Waals surface area (Å²) in [5.41, 5.74) is 6.64. The number of amides is 2. The average molecular weight is 915 g/mol. The number of benzene rings is 6. The standard InChI is InChI=1S/C52H55N2O11P/c1-36(32-58-2)65-66(57,61-5)64-33-38-15-13-14-37(30-38)31-53-50(55)49(54-51(56)62-34-48-46-20-11-9-18-44(46)45-19-10-12-21-47(45)48)35-63-52(39-16-7-6-8-17-39,40-22-26-42(59-3)27-23-40)41-24-28-43(60-4)29-25-41/h6-30,36,48-49H,31-35H2,1-5H3,(H,53,55)(H,54,56). The molecule has 2 amide bonds. The van der Waals surface area contributed by atoms with Crippen molar-refractivity contribution in [2.24, 2.45) is 0 Å². The van der Waals surface area contributed by atoms with Crippen LogP contribution in [0.25, 0.3) is 11.1 Å². The van der Waals surface area contributed by atoms with Gasteiger partial charge in [-0.3, -0.25) is 18.4 Å². The van der Waals surface area contributed by atoms with E-state index in [-0.39, 0.29) is 38.9 Å². The number of phosphoric ester groups is 1. The fraction of sp³-hybridized carbons (Fsp3) is 0.269. The van der Waals surface area contributed by atoms with Gasteiger partial charge in [0, 0.05) is 26.7 Å². The number of ether oxygens (including phenoxy) is 5. The Morgan fingerprint density at radius 2 is 1.23 bits per heavy atom. The van der Waals surface area contributed by atoms with Crippen LogP contribution in [0, 0.1) is 0 Å². The molecule has 7 rings (SSSR count). The molecule has 14 heteroatoms. The Kier molecular flexibility index (Phi) is 16.1. The minimum absolute atomic E-state index is 0.0436. The molecule has 66 heavy (non-hydrogen) atoms. The molecule has 0 aliphatic heterocycles. The lowest BCUT2D eigenvalue weighted by Gasteiger charge is -2.37. The molecule has 0 aromatic heterocycles. The summed E-state index contributed by atoms with van der Waals surface area (Å²) < 4.78 is 58.5. The van der Waals surface area contributed by atoms with Crippen LogP contribution in [-0.2, 0) is 55.9 Å². The zero-order valence-electron chi connectivity index (χ0n) is 37.6. The lowest BCUT2D eigenvalue weighted by atomic mass is 9.80. The first-order valence-corrected chi connectivity index (χ1v) is 23.0. The van der Waals surface area contributed by atoms with Gasteiger partial charge in [-0.25, -0.2) is 9.36 Å². The summed E-state index contributed by atoms with van der Waals surface area (Å²) >= 11 is 0. The van der Waals surface area contributed by atoms with Crippen molar-refractivity contribution in [1.82, 2.24) is 10.6 Å². The number of methoxy groups -OCH3 is 3. The van der Waals surface area contributed by atoms with Gasteiger partial charge >= 0.3 is 13.9 Å². The second kappa shape index (κ2) is 22.3. The lowest BCUT2D eigenvalue weighted by Crippen LogP contribution is -2.51. The highest BCUT2D eigenvalue weighted by molar-refractivity contribution is 7.48. The van der Waals surface area contributed by atoms with E-state index in [9.17, 15) is 14.2 Å². The van der Waals surface area contributed by atoms with E-state index in [1.165, 1.54) is 14.2 Å². The molecule has 13 nitrogen and oxygen atoms in total. The van der Waals surface area contributed by atoms with Crippen molar-refractivity contribution < 1.29 is 51.4 Å². The van der Waals surface area contributed by atoms with Crippen molar-refractivity contribution >= 4 is 19.8 Å². The number of phosphoric acid groups is 1. The van der Waals surface area contributed by atoms with E-state index in [0.717, 1.165) is 38.9 Å². The number of hydrogen-bond donors (Lipinski definition) is 2. The van der Waals surface area contributed by atoms with Gasteiger partial charge in [0.1, 0.15) is 29.7 Å². The SMILES string of the molecule is COCC(C)OP(=O)(OC)OCc1cccc(CNC(=O)C(COC(c2ccccc2)(c2ccc(OC)cc2)c2ccc(OC)cc2)NC(=O)OCC2c3ccccc3-c3ccccc32)c1. The van der Waals surface area contributed by atoms with Crippen molar-refractivity contribution in [3.63, 3.8) is 0 Å². The largest absolute Gasteiger partial charge is 0.497 e. The fourth-order valence-corrected chi connectivity index (χ4v) is 9.22. The molecule has 0 saturated heterocycles. The first kappa shape index (κ1) is 47.6. The Hall–Kier alpha value is -6.31. The highest BCUT2D eigenvalue weighted by Gasteiger charge is 2.40. The van der Waals surface area contributed by atoms with Crippen LogP contribution >= 0.6 is 7.82 Å². The molecule has 0 spiro atoms. The van der Waals surface area contributed by atoms with Crippen LogP contribution < -0.4 is 20.1 Å². The van der Waals surface area contributed by atoms with Gasteiger partial charge < -0.3 is 34.3 Å². The van der Waals surface area contributed by atoms with Crippen LogP contribution in [0.4, 0.5) is 4.79 Å². The average Bonchev–Trinajstić information content (AvgIpc) is 3.68. The summed E-state index contributed by atoms with van der Waals surface area (Å²) in [7, 11) is 2.07. The van der Waals surface area contributed by atoms with Gasteiger partial charge in [0.25, 0.3) is 0 Å². The molecule has 1 aliphatic rings. The number of fused-ring (bicyclic) bond motifs is 3. The van der Waals surface area contributed by atoms with Crippen LogP contribution in [0.2, 0.25) is 0 Å². The second-order valence-electron chi connectivity index (χ2n) is 15.7. The molecule has 0 radical (unpaired) electrons. The summed E-state index contributed by atoms with van der Waals surface area (Å²) in [6.07, 6.45) is -1.32. The molecule has 0 saturated carbocycles. The maximum Gasteiger partial charge on any atom is 0.475 e. The molecule has 3 unspecified atom stereocenters. The quantitative estimate of drug-likeness (QED) is 0.0496. The summed E-state index contributed by atoms with van der Waals surface area (Å²) in [6, 6.07) is 46.8. The predicted octanol–water partition coefficient (Wildman–Crippen LogP) is 9.56. The first-order valence-electron chi connectivity index (χ1n) is 21.5. The summed E-state index contributed by atoms with van der Waals surface area (Å²) in [6.45, 7) is 1.63. The lowest BCUT2D eigenvalue weighted by molar-refractivity contribution is -0.126. The van der Waals surface area contributed by atoms with E-state index >= 15 is 0 Å². The minimum atomic E-state index is -3.90. The van der Waals surface area contributed by atoms with Gasteiger partial charge in [-0.2, -0.15) is 0 Å². The summed E-state index contributed by atoms with van der Waals surface area (Å²) in [5.74, 6) is 0.578. The van der Waals surface area contributed by atoms with Gasteiger partial charge in [-0.15, -0.1) is 0 Å². The minimum Gasteiger partial charge on any atom is -0.497 e. The normalized spacial score (nSPS) is 14.0. The van der Waals surface area contributed by atoms with Gasteiger partial charge in [-0.05, 0) is 81.3 Å². The predicted molar refractivity (Wildman–Crippen MR) is 250 cm³/mol. The fourth-order valence-electron chi connectivity index (χ4n) is 8.15.